The molecule has 4 rings (SSSR count). The first-order valence-corrected chi connectivity index (χ1v) is 10.9. The molecule has 0 saturated carbocycles. The Morgan fingerprint density at radius 2 is 1.81 bits per heavy atom. The summed E-state index contributed by atoms with van der Waals surface area (Å²) in [4.78, 5) is 4.43. The molecule has 0 atom stereocenters. The van der Waals surface area contributed by atoms with E-state index >= 15 is 0 Å². The third-order valence-corrected chi connectivity index (χ3v) is 5.84. The third-order valence-electron chi connectivity index (χ3n) is 4.45. The van der Waals surface area contributed by atoms with Gasteiger partial charge in [-0.25, -0.2) is 17.8 Å². The fourth-order valence-electron chi connectivity index (χ4n) is 2.93. The molecule has 2 heterocycles. The minimum atomic E-state index is -3.97. The van der Waals surface area contributed by atoms with Crippen LogP contribution >= 0.6 is 0 Å². The minimum absolute atomic E-state index is 0.00844. The second kappa shape index (κ2) is 8.91. The van der Waals surface area contributed by atoms with Crippen molar-refractivity contribution in [3.63, 3.8) is 0 Å². The van der Waals surface area contributed by atoms with E-state index < -0.39 is 15.8 Å². The molecule has 7 nitrogen and oxygen atoms in total. The van der Waals surface area contributed by atoms with Gasteiger partial charge >= 0.3 is 0 Å². The number of pyridine rings is 1. The Kier molecular flexibility index (Phi) is 5.87. The maximum absolute atomic E-state index is 13.5. The van der Waals surface area contributed by atoms with Crippen molar-refractivity contribution < 1.29 is 22.0 Å². The average molecular weight is 449 g/mol. The molecule has 0 aliphatic rings. The molecule has 0 fully saturated rings. The Labute approximate surface area is 183 Å². The Hall–Kier alpha value is -4.16. The van der Waals surface area contributed by atoms with Crippen molar-refractivity contribution in [1.29, 1.82) is 5.26 Å². The first kappa shape index (κ1) is 21.1. The van der Waals surface area contributed by atoms with Crippen molar-refractivity contribution in [3.05, 3.63) is 96.2 Å². The number of rotatable bonds is 7. The fraction of sp³-hybridized carbons (Fsp3) is 0.0435. The van der Waals surface area contributed by atoms with Gasteiger partial charge < -0.3 is 9.15 Å². The van der Waals surface area contributed by atoms with Crippen LogP contribution < -0.4 is 9.46 Å². The summed E-state index contributed by atoms with van der Waals surface area (Å²) < 4.78 is 52.6. The van der Waals surface area contributed by atoms with Crippen LogP contribution in [0.25, 0.3) is 11.3 Å². The van der Waals surface area contributed by atoms with Crippen molar-refractivity contribution >= 4 is 15.7 Å². The number of nitriles is 1. The predicted molar refractivity (Wildman–Crippen MR) is 115 cm³/mol. The molecule has 1 N–H and O–H groups in total. The van der Waals surface area contributed by atoms with Crippen LogP contribution in [0.1, 0.15) is 11.3 Å². The van der Waals surface area contributed by atoms with Gasteiger partial charge in [0.2, 0.25) is 5.88 Å². The van der Waals surface area contributed by atoms with Crippen LogP contribution in [0, 0.1) is 17.1 Å². The van der Waals surface area contributed by atoms with Gasteiger partial charge in [-0.1, -0.05) is 18.2 Å². The highest BCUT2D eigenvalue weighted by atomic mass is 32.2. The van der Waals surface area contributed by atoms with Crippen LogP contribution in [0.15, 0.2) is 88.4 Å². The molecule has 0 unspecified atom stereocenters. The largest absolute Gasteiger partial charge is 0.469 e. The van der Waals surface area contributed by atoms with Crippen LogP contribution in [0.2, 0.25) is 0 Å². The number of ether oxygens (including phenoxy) is 1. The Balaban J connectivity index is 1.78. The number of aromatic nitrogens is 1. The molecule has 4 aromatic rings. The maximum atomic E-state index is 13.5. The highest BCUT2D eigenvalue weighted by Crippen LogP contribution is 2.33. The van der Waals surface area contributed by atoms with Crippen molar-refractivity contribution in [2.24, 2.45) is 0 Å². The highest BCUT2D eigenvalue weighted by Gasteiger charge is 2.21. The number of halogens is 1. The van der Waals surface area contributed by atoms with Crippen molar-refractivity contribution in [2.45, 2.75) is 11.5 Å². The molecule has 0 amide bonds. The number of anilines is 1. The van der Waals surface area contributed by atoms with E-state index in [2.05, 4.69) is 9.71 Å². The summed E-state index contributed by atoms with van der Waals surface area (Å²) in [5.41, 5.74) is 0.693. The molecular formula is C23H16FN3O4S. The topological polar surface area (TPSA) is 105 Å². The van der Waals surface area contributed by atoms with Gasteiger partial charge in [0, 0.05) is 5.56 Å². The number of nitrogens with one attached hydrogen (secondary N) is 1. The van der Waals surface area contributed by atoms with E-state index in [0.717, 1.165) is 0 Å². The molecule has 2 aromatic carbocycles. The fourth-order valence-corrected chi connectivity index (χ4v) is 4.01. The molecule has 32 heavy (non-hydrogen) atoms. The lowest BCUT2D eigenvalue weighted by Crippen LogP contribution is -2.14. The normalized spacial score (nSPS) is 11.0. The standard InChI is InChI=1S/C23H16FN3O4S/c24-18-10-8-16(9-11-18)22-21(27-32(28,29)20-6-2-1-3-7-20)13-17(14-25)23(26-22)31-15-19-5-4-12-30-19/h1-13,27H,15H2. The first-order valence-electron chi connectivity index (χ1n) is 9.40. The van der Waals surface area contributed by atoms with Gasteiger partial charge in [-0.3, -0.25) is 4.72 Å². The van der Waals surface area contributed by atoms with E-state index in [9.17, 15) is 18.1 Å². The molecule has 0 aliphatic carbocycles. The van der Waals surface area contributed by atoms with Gasteiger partial charge in [0.1, 0.15) is 29.8 Å². The maximum Gasteiger partial charge on any atom is 0.261 e. The van der Waals surface area contributed by atoms with Crippen LogP contribution in [-0.2, 0) is 16.6 Å². The van der Waals surface area contributed by atoms with E-state index in [1.165, 1.54) is 48.7 Å². The summed E-state index contributed by atoms with van der Waals surface area (Å²) >= 11 is 0. The molecule has 0 bridgehead atoms. The Morgan fingerprint density at radius 1 is 1.06 bits per heavy atom. The number of hydrogen-bond acceptors (Lipinski definition) is 6. The van der Waals surface area contributed by atoms with Gasteiger partial charge in [-0.15, -0.1) is 0 Å². The van der Waals surface area contributed by atoms with Gasteiger partial charge in [-0.05, 0) is 54.6 Å². The quantitative estimate of drug-likeness (QED) is 0.437. The summed E-state index contributed by atoms with van der Waals surface area (Å²) in [7, 11) is -3.97. The second-order valence-corrected chi connectivity index (χ2v) is 8.32. The van der Waals surface area contributed by atoms with E-state index in [4.69, 9.17) is 9.15 Å². The lowest BCUT2D eigenvalue weighted by atomic mass is 10.1. The van der Waals surface area contributed by atoms with Crippen LogP contribution in [0.5, 0.6) is 5.88 Å². The van der Waals surface area contributed by atoms with E-state index in [-0.39, 0.29) is 34.3 Å². The van der Waals surface area contributed by atoms with Crippen LogP contribution in [0.3, 0.4) is 0 Å². The molecular weight excluding hydrogens is 433 g/mol. The monoisotopic (exact) mass is 449 g/mol. The smallest absolute Gasteiger partial charge is 0.261 e. The summed E-state index contributed by atoms with van der Waals surface area (Å²) in [5, 5.41) is 9.59. The molecule has 160 valence electrons. The van der Waals surface area contributed by atoms with E-state index in [0.29, 0.717) is 11.3 Å². The van der Waals surface area contributed by atoms with Gasteiger partial charge in [-0.2, -0.15) is 5.26 Å². The van der Waals surface area contributed by atoms with Crippen molar-refractivity contribution in [2.75, 3.05) is 4.72 Å². The number of sulfonamides is 1. The first-order chi connectivity index (χ1) is 15.5. The summed E-state index contributed by atoms with van der Waals surface area (Å²) in [6, 6.07) is 19.9. The predicted octanol–water partition coefficient (Wildman–Crippen LogP) is 4.73. The van der Waals surface area contributed by atoms with Gasteiger partial charge in [0.25, 0.3) is 10.0 Å². The molecule has 0 saturated heterocycles. The summed E-state index contributed by atoms with van der Waals surface area (Å²) in [6.45, 7) is 0.0205. The molecule has 0 radical (unpaired) electrons. The molecule has 0 aliphatic heterocycles. The van der Waals surface area contributed by atoms with Crippen LogP contribution in [0.4, 0.5) is 10.1 Å². The molecule has 2 aromatic heterocycles. The molecule has 9 heteroatoms. The summed E-state index contributed by atoms with van der Waals surface area (Å²) in [5.74, 6) is 0.0573. The molecule has 0 spiro atoms. The van der Waals surface area contributed by atoms with Crippen molar-refractivity contribution in [3.8, 4) is 23.2 Å². The Bertz CT molecular complexity index is 1370. The van der Waals surface area contributed by atoms with E-state index in [1.54, 1.807) is 30.3 Å². The summed E-state index contributed by atoms with van der Waals surface area (Å²) in [6.07, 6.45) is 1.49. The minimum Gasteiger partial charge on any atom is -0.469 e. The zero-order chi connectivity index (χ0) is 22.6. The number of hydrogen-bond donors (Lipinski definition) is 1. The number of furan rings is 1. The average Bonchev–Trinajstić information content (AvgIpc) is 3.32. The van der Waals surface area contributed by atoms with Crippen molar-refractivity contribution in [1.82, 2.24) is 4.98 Å². The SMILES string of the molecule is N#Cc1cc(NS(=O)(=O)c2ccccc2)c(-c2ccc(F)cc2)nc1OCc1ccco1. The Morgan fingerprint density at radius 3 is 2.47 bits per heavy atom. The number of nitrogens with zero attached hydrogens (tertiary/aromatic N) is 2. The highest BCUT2D eigenvalue weighted by molar-refractivity contribution is 7.92. The third kappa shape index (κ3) is 4.61. The number of benzene rings is 2. The van der Waals surface area contributed by atoms with E-state index in [1.807, 2.05) is 6.07 Å². The van der Waals surface area contributed by atoms with Crippen LogP contribution in [-0.4, -0.2) is 13.4 Å². The lowest BCUT2D eigenvalue weighted by Gasteiger charge is -2.15. The van der Waals surface area contributed by atoms with Gasteiger partial charge in [0.05, 0.1) is 22.5 Å². The zero-order valence-electron chi connectivity index (χ0n) is 16.5. The zero-order valence-corrected chi connectivity index (χ0v) is 17.3. The van der Waals surface area contributed by atoms with Gasteiger partial charge in [0.15, 0.2) is 0 Å². The second-order valence-electron chi connectivity index (χ2n) is 6.64. The lowest BCUT2D eigenvalue weighted by molar-refractivity contribution is 0.260.